The average Bonchev–Trinajstić information content (AvgIpc) is 2.86. The SMILES string of the molecule is Cc1ccc([C@H](NC(=O)[C@@H]2CCCN(S(=O)(=O)Cc3c(Cl)cccc3Cl)C2)c2ccccc2)cc1. The van der Waals surface area contributed by atoms with Crippen LogP contribution in [0.4, 0.5) is 0 Å². The molecule has 0 aromatic heterocycles. The van der Waals surface area contributed by atoms with Crippen molar-refractivity contribution in [2.45, 2.75) is 31.6 Å². The number of rotatable bonds is 7. The molecule has 0 spiro atoms. The van der Waals surface area contributed by atoms with Gasteiger partial charge in [-0.2, -0.15) is 0 Å². The summed E-state index contributed by atoms with van der Waals surface area (Å²) in [6, 6.07) is 22.5. The number of piperidine rings is 1. The van der Waals surface area contributed by atoms with E-state index in [4.69, 9.17) is 23.2 Å². The molecule has 0 bridgehead atoms. The van der Waals surface area contributed by atoms with Crippen LogP contribution in [-0.4, -0.2) is 31.7 Å². The van der Waals surface area contributed by atoms with E-state index in [0.717, 1.165) is 16.7 Å². The molecule has 0 saturated carbocycles. The van der Waals surface area contributed by atoms with Gasteiger partial charge in [0.15, 0.2) is 0 Å². The summed E-state index contributed by atoms with van der Waals surface area (Å²) < 4.78 is 27.8. The highest BCUT2D eigenvalue weighted by atomic mass is 35.5. The van der Waals surface area contributed by atoms with E-state index in [1.165, 1.54) is 4.31 Å². The fourth-order valence-electron chi connectivity index (χ4n) is 4.38. The molecule has 5 nitrogen and oxygen atoms in total. The van der Waals surface area contributed by atoms with Crippen LogP contribution in [0.1, 0.15) is 41.1 Å². The maximum Gasteiger partial charge on any atom is 0.225 e. The molecule has 4 rings (SSSR count). The maximum atomic E-state index is 13.4. The van der Waals surface area contributed by atoms with Crippen LogP contribution in [0.5, 0.6) is 0 Å². The van der Waals surface area contributed by atoms with Crippen LogP contribution in [0, 0.1) is 12.8 Å². The van der Waals surface area contributed by atoms with Gasteiger partial charge in [-0.1, -0.05) is 89.4 Å². The van der Waals surface area contributed by atoms with Crippen molar-refractivity contribution in [2.24, 2.45) is 5.92 Å². The van der Waals surface area contributed by atoms with Gasteiger partial charge in [0, 0.05) is 28.7 Å². The summed E-state index contributed by atoms with van der Waals surface area (Å²) in [5.41, 5.74) is 3.46. The first-order valence-electron chi connectivity index (χ1n) is 11.6. The highest BCUT2D eigenvalue weighted by molar-refractivity contribution is 7.88. The van der Waals surface area contributed by atoms with Crippen LogP contribution in [0.3, 0.4) is 0 Å². The van der Waals surface area contributed by atoms with E-state index < -0.39 is 15.9 Å². The monoisotopic (exact) mass is 530 g/mol. The van der Waals surface area contributed by atoms with Gasteiger partial charge in [-0.25, -0.2) is 12.7 Å². The third kappa shape index (κ3) is 6.25. The Bertz CT molecular complexity index is 1260. The molecule has 3 aromatic rings. The molecule has 1 aliphatic heterocycles. The van der Waals surface area contributed by atoms with Crippen molar-refractivity contribution in [3.63, 3.8) is 0 Å². The Hall–Kier alpha value is -2.38. The standard InChI is InChI=1S/C27H28Cl2N2O3S/c1-19-12-14-21(15-13-19)26(20-7-3-2-4-8-20)30-27(32)22-9-6-16-31(17-22)35(33,34)18-23-24(28)10-5-11-25(23)29/h2-5,7-8,10-15,22,26H,6,9,16-18H2,1H3,(H,30,32)/t22-,26-/m1/s1. The van der Waals surface area contributed by atoms with Gasteiger partial charge in [0.1, 0.15) is 0 Å². The molecule has 0 unspecified atom stereocenters. The molecular formula is C27H28Cl2N2O3S. The number of benzene rings is 3. The molecule has 2 atom stereocenters. The number of carbonyl (C=O) groups excluding carboxylic acids is 1. The van der Waals surface area contributed by atoms with Crippen molar-refractivity contribution >= 4 is 39.1 Å². The van der Waals surface area contributed by atoms with E-state index in [9.17, 15) is 13.2 Å². The predicted molar refractivity (Wildman–Crippen MR) is 141 cm³/mol. The minimum absolute atomic E-state index is 0.131. The zero-order valence-electron chi connectivity index (χ0n) is 19.5. The van der Waals surface area contributed by atoms with Crippen LogP contribution in [0.25, 0.3) is 0 Å². The van der Waals surface area contributed by atoms with E-state index in [1.54, 1.807) is 18.2 Å². The number of sulfonamides is 1. The number of hydrogen-bond donors (Lipinski definition) is 1. The Morgan fingerprint density at radius 2 is 1.60 bits per heavy atom. The second-order valence-electron chi connectivity index (χ2n) is 8.92. The normalized spacial score (nSPS) is 17.6. The molecule has 35 heavy (non-hydrogen) atoms. The summed E-state index contributed by atoms with van der Waals surface area (Å²) in [7, 11) is -3.70. The van der Waals surface area contributed by atoms with Crippen molar-refractivity contribution in [1.29, 1.82) is 0 Å². The highest BCUT2D eigenvalue weighted by Gasteiger charge is 2.34. The number of carbonyl (C=O) groups is 1. The molecule has 1 amide bonds. The van der Waals surface area contributed by atoms with Crippen molar-refractivity contribution in [1.82, 2.24) is 9.62 Å². The fraction of sp³-hybridized carbons (Fsp3) is 0.296. The van der Waals surface area contributed by atoms with Crippen LogP contribution < -0.4 is 5.32 Å². The van der Waals surface area contributed by atoms with E-state index in [0.29, 0.717) is 35.0 Å². The molecule has 3 aromatic carbocycles. The zero-order chi connectivity index (χ0) is 25.0. The Morgan fingerprint density at radius 1 is 0.971 bits per heavy atom. The molecular weight excluding hydrogens is 503 g/mol. The van der Waals surface area contributed by atoms with Gasteiger partial charge in [0.05, 0.1) is 17.7 Å². The second kappa shape index (κ2) is 11.1. The lowest BCUT2D eigenvalue weighted by Crippen LogP contribution is -2.46. The van der Waals surface area contributed by atoms with E-state index >= 15 is 0 Å². The van der Waals surface area contributed by atoms with E-state index in [1.807, 2.05) is 61.5 Å². The number of nitrogens with zero attached hydrogens (tertiary/aromatic N) is 1. The van der Waals surface area contributed by atoms with Crippen LogP contribution >= 0.6 is 23.2 Å². The lowest BCUT2D eigenvalue weighted by molar-refractivity contribution is -0.126. The minimum atomic E-state index is -3.70. The molecule has 1 saturated heterocycles. The molecule has 1 heterocycles. The molecule has 0 aliphatic carbocycles. The first-order valence-corrected chi connectivity index (χ1v) is 13.9. The summed E-state index contributed by atoms with van der Waals surface area (Å²) in [6.07, 6.45) is 1.23. The number of amides is 1. The average molecular weight is 532 g/mol. The van der Waals surface area contributed by atoms with Crippen molar-refractivity contribution < 1.29 is 13.2 Å². The lowest BCUT2D eigenvalue weighted by Gasteiger charge is -2.32. The smallest absolute Gasteiger partial charge is 0.225 e. The minimum Gasteiger partial charge on any atom is -0.345 e. The van der Waals surface area contributed by atoms with Gasteiger partial charge < -0.3 is 5.32 Å². The van der Waals surface area contributed by atoms with Gasteiger partial charge in [0.2, 0.25) is 15.9 Å². The number of hydrogen-bond acceptors (Lipinski definition) is 3. The molecule has 8 heteroatoms. The van der Waals surface area contributed by atoms with Gasteiger partial charge in [-0.05, 0) is 43.0 Å². The van der Waals surface area contributed by atoms with Crippen LogP contribution in [0.15, 0.2) is 72.8 Å². The summed E-state index contributed by atoms with van der Waals surface area (Å²) in [5, 5.41) is 3.81. The molecule has 0 radical (unpaired) electrons. The Kier molecular flexibility index (Phi) is 8.17. The topological polar surface area (TPSA) is 66.5 Å². The Labute approximate surface area is 217 Å². The number of aryl methyl sites for hydroxylation is 1. The first kappa shape index (κ1) is 25.7. The van der Waals surface area contributed by atoms with Gasteiger partial charge in [0.25, 0.3) is 0 Å². The summed E-state index contributed by atoms with van der Waals surface area (Å²) in [4.78, 5) is 13.4. The highest BCUT2D eigenvalue weighted by Crippen LogP contribution is 2.30. The Morgan fingerprint density at radius 3 is 2.26 bits per heavy atom. The summed E-state index contributed by atoms with van der Waals surface area (Å²) >= 11 is 12.4. The number of nitrogens with one attached hydrogen (secondary N) is 1. The van der Waals surface area contributed by atoms with Crippen molar-refractivity contribution in [3.8, 4) is 0 Å². The first-order chi connectivity index (χ1) is 16.7. The largest absolute Gasteiger partial charge is 0.345 e. The molecule has 184 valence electrons. The van der Waals surface area contributed by atoms with Crippen LogP contribution in [0.2, 0.25) is 10.0 Å². The molecule has 1 aliphatic rings. The Balaban J connectivity index is 1.51. The number of halogens is 2. The third-order valence-corrected chi connectivity index (χ3v) is 8.85. The lowest BCUT2D eigenvalue weighted by atomic mass is 9.94. The second-order valence-corrected chi connectivity index (χ2v) is 11.7. The maximum absolute atomic E-state index is 13.4. The quantitative estimate of drug-likeness (QED) is 0.422. The van der Waals surface area contributed by atoms with Gasteiger partial charge in [-0.15, -0.1) is 0 Å². The van der Waals surface area contributed by atoms with Crippen LogP contribution in [-0.2, 0) is 20.6 Å². The molecule has 1 N–H and O–H groups in total. The summed E-state index contributed by atoms with van der Waals surface area (Å²) in [5.74, 6) is -0.900. The van der Waals surface area contributed by atoms with Gasteiger partial charge in [-0.3, -0.25) is 4.79 Å². The zero-order valence-corrected chi connectivity index (χ0v) is 21.8. The fourth-order valence-corrected chi connectivity index (χ4v) is 6.74. The van der Waals surface area contributed by atoms with E-state index in [2.05, 4.69) is 5.32 Å². The third-order valence-electron chi connectivity index (χ3n) is 6.37. The van der Waals surface area contributed by atoms with Crippen molar-refractivity contribution in [3.05, 3.63) is 105 Å². The summed E-state index contributed by atoms with van der Waals surface area (Å²) in [6.45, 7) is 2.52. The van der Waals surface area contributed by atoms with Crippen molar-refractivity contribution in [2.75, 3.05) is 13.1 Å². The van der Waals surface area contributed by atoms with Gasteiger partial charge >= 0.3 is 0 Å². The predicted octanol–water partition coefficient (Wildman–Crippen LogP) is 5.75. The van der Waals surface area contributed by atoms with E-state index in [-0.39, 0.29) is 24.2 Å². The molecule has 1 fully saturated rings.